The average Bonchev–Trinajstić information content (AvgIpc) is 3.12. The number of amides is 1. The maximum atomic E-state index is 12.2. The first-order valence-electron chi connectivity index (χ1n) is 7.77. The van der Waals surface area contributed by atoms with Crippen molar-refractivity contribution in [3.8, 4) is 0 Å². The number of anilines is 1. The summed E-state index contributed by atoms with van der Waals surface area (Å²) in [4.78, 5) is 35.7. The van der Waals surface area contributed by atoms with E-state index in [9.17, 15) is 14.4 Å². The summed E-state index contributed by atoms with van der Waals surface area (Å²) in [6, 6.07) is 4.33. The third-order valence-corrected chi connectivity index (χ3v) is 5.24. The second-order valence-corrected chi connectivity index (χ2v) is 6.80. The molecule has 0 radical (unpaired) electrons. The number of hydrogen-bond acceptors (Lipinski definition) is 6. The molecule has 0 heterocycles. The highest BCUT2D eigenvalue weighted by molar-refractivity contribution is 8.00. The summed E-state index contributed by atoms with van der Waals surface area (Å²) in [7, 11) is 2.53. The quantitative estimate of drug-likeness (QED) is 0.794. The Hall–Kier alpha value is -2.02. The van der Waals surface area contributed by atoms with Crippen LogP contribution in [0.15, 0.2) is 18.2 Å². The zero-order chi connectivity index (χ0) is 17.5. The fourth-order valence-electron chi connectivity index (χ4n) is 2.62. The predicted molar refractivity (Wildman–Crippen MR) is 92.5 cm³/mol. The van der Waals surface area contributed by atoms with Crippen LogP contribution >= 0.6 is 11.8 Å². The number of carbonyl (C=O) groups is 3. The van der Waals surface area contributed by atoms with Gasteiger partial charge in [0, 0.05) is 5.25 Å². The number of rotatable bonds is 6. The van der Waals surface area contributed by atoms with Gasteiger partial charge in [-0.25, -0.2) is 9.59 Å². The van der Waals surface area contributed by atoms with Gasteiger partial charge < -0.3 is 14.8 Å². The molecule has 0 spiro atoms. The summed E-state index contributed by atoms with van der Waals surface area (Å²) < 4.78 is 9.38. The fraction of sp³-hybridized carbons (Fsp3) is 0.471. The highest BCUT2D eigenvalue weighted by atomic mass is 32.2. The van der Waals surface area contributed by atoms with Crippen molar-refractivity contribution >= 4 is 35.3 Å². The Morgan fingerprint density at radius 2 is 1.79 bits per heavy atom. The summed E-state index contributed by atoms with van der Waals surface area (Å²) in [5.41, 5.74) is 0.704. The van der Waals surface area contributed by atoms with Crippen LogP contribution in [-0.2, 0) is 14.3 Å². The van der Waals surface area contributed by atoms with Crippen LogP contribution in [0.25, 0.3) is 0 Å². The molecule has 0 unspecified atom stereocenters. The van der Waals surface area contributed by atoms with Crippen molar-refractivity contribution in [2.75, 3.05) is 25.3 Å². The van der Waals surface area contributed by atoms with Gasteiger partial charge in [0.25, 0.3) is 0 Å². The zero-order valence-electron chi connectivity index (χ0n) is 13.8. The van der Waals surface area contributed by atoms with Crippen LogP contribution in [0.2, 0.25) is 0 Å². The van der Waals surface area contributed by atoms with Gasteiger partial charge in [-0.2, -0.15) is 0 Å². The number of esters is 2. The van der Waals surface area contributed by atoms with Crippen LogP contribution in [0, 0.1) is 0 Å². The Balaban J connectivity index is 2.10. The SMILES string of the molecule is COC(=O)c1ccc(C(=O)OC)c(NC(=O)CSC2CCCC2)c1. The number of nitrogens with one attached hydrogen (secondary N) is 1. The average molecular weight is 351 g/mol. The number of benzene rings is 1. The van der Waals surface area contributed by atoms with Crippen molar-refractivity contribution < 1.29 is 23.9 Å². The van der Waals surface area contributed by atoms with Crippen LogP contribution in [0.1, 0.15) is 46.4 Å². The van der Waals surface area contributed by atoms with Gasteiger partial charge in [0.05, 0.1) is 36.8 Å². The van der Waals surface area contributed by atoms with E-state index in [0.717, 1.165) is 12.8 Å². The molecule has 0 atom stereocenters. The Bertz CT molecular complexity index is 625. The monoisotopic (exact) mass is 351 g/mol. The predicted octanol–water partition coefficient (Wildman–Crippen LogP) is 2.87. The maximum Gasteiger partial charge on any atom is 0.339 e. The summed E-state index contributed by atoms with van der Waals surface area (Å²) in [6.45, 7) is 0. The molecule has 1 fully saturated rings. The van der Waals surface area contributed by atoms with Gasteiger partial charge in [-0.15, -0.1) is 11.8 Å². The molecule has 130 valence electrons. The number of methoxy groups -OCH3 is 2. The summed E-state index contributed by atoms with van der Waals surface area (Å²) in [5.74, 6) is -1.01. The first-order valence-corrected chi connectivity index (χ1v) is 8.82. The second kappa shape index (κ2) is 8.73. The van der Waals surface area contributed by atoms with Gasteiger partial charge in [0.15, 0.2) is 0 Å². The van der Waals surface area contributed by atoms with Gasteiger partial charge in [-0.1, -0.05) is 12.8 Å². The van der Waals surface area contributed by atoms with Crippen molar-refractivity contribution in [3.63, 3.8) is 0 Å². The molecule has 1 aromatic carbocycles. The van der Waals surface area contributed by atoms with Gasteiger partial charge >= 0.3 is 11.9 Å². The third-order valence-electron chi connectivity index (χ3n) is 3.87. The molecule has 7 heteroatoms. The number of carbonyl (C=O) groups excluding carboxylic acids is 3. The van der Waals surface area contributed by atoms with Crippen LogP contribution in [-0.4, -0.2) is 43.1 Å². The van der Waals surface area contributed by atoms with Crippen LogP contribution in [0.3, 0.4) is 0 Å². The largest absolute Gasteiger partial charge is 0.465 e. The van der Waals surface area contributed by atoms with Crippen molar-refractivity contribution in [1.29, 1.82) is 0 Å². The van der Waals surface area contributed by atoms with Crippen molar-refractivity contribution in [1.82, 2.24) is 0 Å². The summed E-state index contributed by atoms with van der Waals surface area (Å²) >= 11 is 1.63. The van der Waals surface area contributed by atoms with E-state index >= 15 is 0 Å². The Labute approximate surface area is 145 Å². The van der Waals surface area contributed by atoms with Crippen molar-refractivity contribution in [2.45, 2.75) is 30.9 Å². The molecule has 0 aliphatic heterocycles. The highest BCUT2D eigenvalue weighted by Crippen LogP contribution is 2.29. The molecule has 0 aromatic heterocycles. The molecular weight excluding hydrogens is 330 g/mol. The highest BCUT2D eigenvalue weighted by Gasteiger charge is 2.19. The molecule has 6 nitrogen and oxygen atoms in total. The molecule has 1 aromatic rings. The molecule has 2 rings (SSSR count). The van der Waals surface area contributed by atoms with Crippen molar-refractivity contribution in [3.05, 3.63) is 29.3 Å². The lowest BCUT2D eigenvalue weighted by Gasteiger charge is -2.12. The second-order valence-electron chi connectivity index (χ2n) is 5.51. The number of thioether (sulfide) groups is 1. The van der Waals surface area contributed by atoms with E-state index in [4.69, 9.17) is 4.74 Å². The van der Waals surface area contributed by atoms with Crippen molar-refractivity contribution in [2.24, 2.45) is 0 Å². The molecule has 1 amide bonds. The molecule has 24 heavy (non-hydrogen) atoms. The van der Waals surface area contributed by atoms with E-state index in [1.807, 2.05) is 0 Å². The van der Waals surface area contributed by atoms with E-state index in [0.29, 0.717) is 11.0 Å². The molecule has 1 saturated carbocycles. The fourth-order valence-corrected chi connectivity index (χ4v) is 3.74. The standard InChI is InChI=1S/C17H21NO5S/c1-22-16(20)11-7-8-13(17(21)23-2)14(9-11)18-15(19)10-24-12-5-3-4-6-12/h7-9,12H,3-6,10H2,1-2H3,(H,18,19). The molecule has 1 aliphatic carbocycles. The zero-order valence-corrected chi connectivity index (χ0v) is 14.6. The molecule has 0 bridgehead atoms. The first-order chi connectivity index (χ1) is 11.5. The minimum atomic E-state index is -0.579. The normalized spacial score (nSPS) is 14.2. The topological polar surface area (TPSA) is 81.7 Å². The molecular formula is C17H21NO5S. The Morgan fingerprint density at radius 1 is 1.12 bits per heavy atom. The Morgan fingerprint density at radius 3 is 2.42 bits per heavy atom. The third kappa shape index (κ3) is 4.74. The van der Waals surface area contributed by atoms with E-state index in [1.165, 1.54) is 45.3 Å². The van der Waals surface area contributed by atoms with E-state index in [1.54, 1.807) is 11.8 Å². The van der Waals surface area contributed by atoms with Crippen LogP contribution < -0.4 is 5.32 Å². The Kier molecular flexibility index (Phi) is 6.66. The lowest BCUT2D eigenvalue weighted by molar-refractivity contribution is -0.113. The maximum absolute atomic E-state index is 12.2. The number of hydrogen-bond donors (Lipinski definition) is 1. The van der Waals surface area contributed by atoms with Gasteiger partial charge in [-0.05, 0) is 31.0 Å². The van der Waals surface area contributed by atoms with E-state index in [-0.39, 0.29) is 22.7 Å². The van der Waals surface area contributed by atoms with E-state index in [2.05, 4.69) is 10.1 Å². The van der Waals surface area contributed by atoms with Gasteiger partial charge in [-0.3, -0.25) is 4.79 Å². The minimum Gasteiger partial charge on any atom is -0.465 e. The number of ether oxygens (including phenoxy) is 2. The smallest absolute Gasteiger partial charge is 0.339 e. The van der Waals surface area contributed by atoms with Crippen LogP contribution in [0.5, 0.6) is 0 Å². The first kappa shape index (κ1) is 18.3. The summed E-state index contributed by atoms with van der Waals surface area (Å²) in [6.07, 6.45) is 4.71. The molecule has 1 N–H and O–H groups in total. The lowest BCUT2D eigenvalue weighted by Crippen LogP contribution is -2.19. The summed E-state index contributed by atoms with van der Waals surface area (Å²) in [5, 5.41) is 3.23. The van der Waals surface area contributed by atoms with Gasteiger partial charge in [0.2, 0.25) is 5.91 Å². The van der Waals surface area contributed by atoms with Gasteiger partial charge in [0.1, 0.15) is 0 Å². The van der Waals surface area contributed by atoms with E-state index < -0.39 is 11.9 Å². The molecule has 0 saturated heterocycles. The molecule has 1 aliphatic rings. The lowest BCUT2D eigenvalue weighted by atomic mass is 10.1. The van der Waals surface area contributed by atoms with Crippen LogP contribution in [0.4, 0.5) is 5.69 Å². The minimum absolute atomic E-state index is 0.198.